The summed E-state index contributed by atoms with van der Waals surface area (Å²) in [6, 6.07) is 0.318. The number of nitrogens with two attached hydrogens (primary N) is 1. The van der Waals surface area contributed by atoms with Crippen LogP contribution < -0.4 is 5.73 Å². The van der Waals surface area contributed by atoms with Crippen molar-refractivity contribution in [1.29, 1.82) is 0 Å². The smallest absolute Gasteiger partial charge is 0.0837 e. The highest BCUT2D eigenvalue weighted by molar-refractivity contribution is 4.81. The zero-order chi connectivity index (χ0) is 10.7. The number of aliphatic hydroxyl groups is 1. The van der Waals surface area contributed by atoms with Crippen LogP contribution in [0.5, 0.6) is 0 Å². The Labute approximate surface area is 92.0 Å². The first-order chi connectivity index (χ1) is 7.25. The second-order valence-corrected chi connectivity index (χ2v) is 5.08. The van der Waals surface area contributed by atoms with E-state index in [-0.39, 0.29) is 12.2 Å². The lowest BCUT2D eigenvalue weighted by Gasteiger charge is -2.24. The Morgan fingerprint density at radius 1 is 1.00 bits per heavy atom. The molecule has 0 aliphatic heterocycles. The Morgan fingerprint density at radius 3 is 2.53 bits per heavy atom. The first-order valence-electron chi connectivity index (χ1n) is 6.35. The van der Waals surface area contributed by atoms with E-state index in [1.165, 1.54) is 12.8 Å². The van der Waals surface area contributed by atoms with Crippen LogP contribution in [-0.2, 0) is 4.74 Å². The molecule has 2 aliphatic rings. The minimum Gasteiger partial charge on any atom is -0.390 e. The summed E-state index contributed by atoms with van der Waals surface area (Å²) in [4.78, 5) is 0. The average Bonchev–Trinajstić information content (AvgIpc) is 2.50. The van der Waals surface area contributed by atoms with Gasteiger partial charge in [-0.2, -0.15) is 0 Å². The molecular weight excluding hydrogens is 190 g/mol. The third-order valence-electron chi connectivity index (χ3n) is 3.71. The van der Waals surface area contributed by atoms with Crippen LogP contribution in [0, 0.1) is 0 Å². The standard InChI is InChI=1S/C12H23NO2/c13-9-6-7-10(8-9)15-12-5-3-1-2-4-11(12)14/h9-12,14H,1-8,13H2. The molecule has 0 saturated heterocycles. The van der Waals surface area contributed by atoms with Crippen LogP contribution in [0.2, 0.25) is 0 Å². The predicted molar refractivity (Wildman–Crippen MR) is 59.6 cm³/mol. The molecule has 3 heteroatoms. The topological polar surface area (TPSA) is 55.5 Å². The van der Waals surface area contributed by atoms with E-state index in [2.05, 4.69) is 0 Å². The predicted octanol–water partition coefficient (Wildman–Crippen LogP) is 1.58. The second kappa shape index (κ2) is 5.28. The highest BCUT2D eigenvalue weighted by atomic mass is 16.5. The van der Waals surface area contributed by atoms with Gasteiger partial charge in [-0.05, 0) is 32.1 Å². The van der Waals surface area contributed by atoms with Crippen LogP contribution in [0.3, 0.4) is 0 Å². The van der Waals surface area contributed by atoms with Crippen molar-refractivity contribution in [2.45, 2.75) is 75.7 Å². The number of aliphatic hydroxyl groups excluding tert-OH is 1. The van der Waals surface area contributed by atoms with E-state index in [9.17, 15) is 5.11 Å². The van der Waals surface area contributed by atoms with Gasteiger partial charge in [-0.25, -0.2) is 0 Å². The van der Waals surface area contributed by atoms with Gasteiger partial charge < -0.3 is 15.6 Å². The fraction of sp³-hybridized carbons (Fsp3) is 1.00. The molecule has 4 atom stereocenters. The molecule has 0 aromatic carbocycles. The van der Waals surface area contributed by atoms with Crippen LogP contribution in [-0.4, -0.2) is 29.5 Å². The van der Waals surface area contributed by atoms with Gasteiger partial charge >= 0.3 is 0 Å². The maximum atomic E-state index is 9.92. The van der Waals surface area contributed by atoms with E-state index < -0.39 is 0 Å². The molecule has 2 fully saturated rings. The summed E-state index contributed by atoms with van der Waals surface area (Å²) < 4.78 is 5.98. The Kier molecular flexibility index (Phi) is 4.00. The third-order valence-corrected chi connectivity index (χ3v) is 3.71. The third kappa shape index (κ3) is 3.16. The lowest BCUT2D eigenvalue weighted by molar-refractivity contribution is -0.0767. The Hall–Kier alpha value is -0.120. The molecule has 0 aromatic rings. The molecule has 88 valence electrons. The van der Waals surface area contributed by atoms with Gasteiger partial charge in [0, 0.05) is 6.04 Å². The van der Waals surface area contributed by atoms with Gasteiger partial charge in [-0.3, -0.25) is 0 Å². The number of hydrogen-bond donors (Lipinski definition) is 2. The van der Waals surface area contributed by atoms with Crippen LogP contribution in [0.15, 0.2) is 0 Å². The van der Waals surface area contributed by atoms with Gasteiger partial charge in [0.25, 0.3) is 0 Å². The largest absolute Gasteiger partial charge is 0.390 e. The minimum atomic E-state index is -0.246. The maximum absolute atomic E-state index is 9.92. The zero-order valence-corrected chi connectivity index (χ0v) is 9.40. The van der Waals surface area contributed by atoms with Crippen LogP contribution in [0.4, 0.5) is 0 Å². The van der Waals surface area contributed by atoms with Crippen molar-refractivity contribution < 1.29 is 9.84 Å². The number of ether oxygens (including phenoxy) is 1. The first-order valence-corrected chi connectivity index (χ1v) is 6.35. The van der Waals surface area contributed by atoms with E-state index in [0.29, 0.717) is 12.1 Å². The van der Waals surface area contributed by atoms with Crippen molar-refractivity contribution in [2.75, 3.05) is 0 Å². The summed E-state index contributed by atoms with van der Waals surface area (Å²) in [6.45, 7) is 0. The molecule has 0 amide bonds. The Bertz CT molecular complexity index is 198. The lowest BCUT2D eigenvalue weighted by Crippen LogP contribution is -2.31. The fourth-order valence-corrected chi connectivity index (χ4v) is 2.76. The molecular formula is C12H23NO2. The van der Waals surface area contributed by atoms with E-state index >= 15 is 0 Å². The van der Waals surface area contributed by atoms with Gasteiger partial charge in [0.2, 0.25) is 0 Å². The monoisotopic (exact) mass is 213 g/mol. The van der Waals surface area contributed by atoms with Gasteiger partial charge in [0.1, 0.15) is 0 Å². The van der Waals surface area contributed by atoms with Crippen molar-refractivity contribution in [3.05, 3.63) is 0 Å². The summed E-state index contributed by atoms with van der Waals surface area (Å²) in [5.41, 5.74) is 5.85. The van der Waals surface area contributed by atoms with E-state index in [0.717, 1.165) is 38.5 Å². The highest BCUT2D eigenvalue weighted by Gasteiger charge is 2.29. The van der Waals surface area contributed by atoms with E-state index in [1.807, 2.05) is 0 Å². The highest BCUT2D eigenvalue weighted by Crippen LogP contribution is 2.27. The van der Waals surface area contributed by atoms with Gasteiger partial charge in [-0.15, -0.1) is 0 Å². The van der Waals surface area contributed by atoms with Gasteiger partial charge in [-0.1, -0.05) is 19.3 Å². The van der Waals surface area contributed by atoms with E-state index in [1.54, 1.807) is 0 Å². The lowest BCUT2D eigenvalue weighted by atomic mass is 10.1. The molecule has 2 saturated carbocycles. The molecule has 3 nitrogen and oxygen atoms in total. The summed E-state index contributed by atoms with van der Waals surface area (Å²) >= 11 is 0. The van der Waals surface area contributed by atoms with Crippen LogP contribution >= 0.6 is 0 Å². The molecule has 0 bridgehead atoms. The quantitative estimate of drug-likeness (QED) is 0.685. The Balaban J connectivity index is 1.81. The second-order valence-electron chi connectivity index (χ2n) is 5.08. The van der Waals surface area contributed by atoms with Crippen molar-refractivity contribution >= 4 is 0 Å². The molecule has 0 spiro atoms. The summed E-state index contributed by atoms with van der Waals surface area (Å²) in [5, 5.41) is 9.92. The SMILES string of the molecule is NC1CCC(OC2CCCCCC2O)C1. The normalized spacial score (nSPS) is 42.8. The van der Waals surface area contributed by atoms with Crippen LogP contribution in [0.25, 0.3) is 0 Å². The summed E-state index contributed by atoms with van der Waals surface area (Å²) in [6.07, 6.45) is 8.76. The molecule has 2 rings (SSSR count). The van der Waals surface area contributed by atoms with Gasteiger partial charge in [0.15, 0.2) is 0 Å². The van der Waals surface area contributed by atoms with Crippen molar-refractivity contribution in [3.63, 3.8) is 0 Å². The molecule has 0 aromatic heterocycles. The summed E-state index contributed by atoms with van der Waals surface area (Å²) in [7, 11) is 0. The fourth-order valence-electron chi connectivity index (χ4n) is 2.76. The molecule has 15 heavy (non-hydrogen) atoms. The molecule has 2 aliphatic carbocycles. The number of rotatable bonds is 2. The zero-order valence-electron chi connectivity index (χ0n) is 9.40. The van der Waals surface area contributed by atoms with Crippen molar-refractivity contribution in [1.82, 2.24) is 0 Å². The van der Waals surface area contributed by atoms with Crippen LogP contribution in [0.1, 0.15) is 51.4 Å². The minimum absolute atomic E-state index is 0.0720. The maximum Gasteiger partial charge on any atom is 0.0837 e. The Morgan fingerprint density at radius 2 is 1.80 bits per heavy atom. The average molecular weight is 213 g/mol. The van der Waals surface area contributed by atoms with Crippen molar-refractivity contribution in [3.8, 4) is 0 Å². The molecule has 4 unspecified atom stereocenters. The summed E-state index contributed by atoms with van der Waals surface area (Å²) in [5.74, 6) is 0. The molecule has 0 heterocycles. The number of hydrogen-bond acceptors (Lipinski definition) is 3. The van der Waals surface area contributed by atoms with Crippen molar-refractivity contribution in [2.24, 2.45) is 5.73 Å². The van der Waals surface area contributed by atoms with E-state index in [4.69, 9.17) is 10.5 Å². The van der Waals surface area contributed by atoms with Gasteiger partial charge in [0.05, 0.1) is 18.3 Å². The molecule has 3 N–H and O–H groups in total. The first kappa shape index (κ1) is 11.4. The molecule has 0 radical (unpaired) electrons.